The Morgan fingerprint density at radius 3 is 2.48 bits per heavy atom. The largest absolute Gasteiger partial charge is 0.462 e. The maximum atomic E-state index is 13.0. The van der Waals surface area contributed by atoms with E-state index < -0.39 is 22.6 Å². The SMILES string of the molecule is CCOC(=O)c1c(-c2ccc(Cl)cc2)nsc1C(F)(F)F. The lowest BCUT2D eigenvalue weighted by atomic mass is 10.1. The van der Waals surface area contributed by atoms with Gasteiger partial charge in [-0.15, -0.1) is 0 Å². The third-order valence-electron chi connectivity index (χ3n) is 2.55. The molecule has 1 heterocycles. The first-order valence-electron chi connectivity index (χ1n) is 5.84. The molecular formula is C13H9ClF3NO2S. The number of ether oxygens (including phenoxy) is 1. The molecule has 0 unspecified atom stereocenters. The molecule has 0 saturated carbocycles. The Bertz CT molecular complexity index is 652. The number of carbonyl (C=O) groups is 1. The molecule has 0 aliphatic rings. The van der Waals surface area contributed by atoms with Crippen molar-refractivity contribution in [2.24, 2.45) is 0 Å². The second-order valence-corrected chi connectivity index (χ2v) is 5.17. The van der Waals surface area contributed by atoms with Crippen LogP contribution in [-0.4, -0.2) is 16.9 Å². The molecule has 21 heavy (non-hydrogen) atoms. The number of halogens is 4. The highest BCUT2D eigenvalue weighted by Crippen LogP contribution is 2.40. The van der Waals surface area contributed by atoms with Crippen LogP contribution in [0, 0.1) is 0 Å². The highest BCUT2D eigenvalue weighted by Gasteiger charge is 2.40. The van der Waals surface area contributed by atoms with Gasteiger partial charge in [0.05, 0.1) is 12.3 Å². The zero-order chi connectivity index (χ0) is 15.6. The van der Waals surface area contributed by atoms with Crippen LogP contribution in [-0.2, 0) is 10.9 Å². The van der Waals surface area contributed by atoms with E-state index in [4.69, 9.17) is 16.3 Å². The molecule has 0 aliphatic carbocycles. The molecule has 0 saturated heterocycles. The number of benzene rings is 1. The first-order chi connectivity index (χ1) is 9.84. The molecule has 0 fully saturated rings. The van der Waals surface area contributed by atoms with Crippen LogP contribution < -0.4 is 0 Å². The molecule has 1 aromatic heterocycles. The van der Waals surface area contributed by atoms with Gasteiger partial charge in [-0.25, -0.2) is 4.79 Å². The van der Waals surface area contributed by atoms with Crippen molar-refractivity contribution in [2.45, 2.75) is 13.1 Å². The van der Waals surface area contributed by atoms with E-state index in [1.54, 1.807) is 0 Å². The zero-order valence-corrected chi connectivity index (χ0v) is 12.3. The molecule has 2 rings (SSSR count). The second kappa shape index (κ2) is 6.03. The standard InChI is InChI=1S/C13H9ClF3NO2S/c1-2-20-12(19)9-10(7-3-5-8(14)6-4-7)18-21-11(9)13(15,16)17/h3-6H,2H2,1H3. The predicted octanol–water partition coefficient (Wildman–Crippen LogP) is 4.66. The number of nitrogens with zero attached hydrogens (tertiary/aromatic N) is 1. The van der Waals surface area contributed by atoms with Crippen molar-refractivity contribution in [3.63, 3.8) is 0 Å². The van der Waals surface area contributed by atoms with Gasteiger partial charge in [0.25, 0.3) is 0 Å². The van der Waals surface area contributed by atoms with E-state index in [9.17, 15) is 18.0 Å². The van der Waals surface area contributed by atoms with Gasteiger partial charge < -0.3 is 4.74 Å². The molecule has 8 heteroatoms. The molecule has 0 N–H and O–H groups in total. The fourth-order valence-electron chi connectivity index (χ4n) is 1.68. The van der Waals surface area contributed by atoms with Crippen molar-refractivity contribution in [2.75, 3.05) is 6.61 Å². The van der Waals surface area contributed by atoms with Gasteiger partial charge in [0, 0.05) is 10.6 Å². The fraction of sp³-hybridized carbons (Fsp3) is 0.231. The third-order valence-corrected chi connectivity index (χ3v) is 3.69. The summed E-state index contributed by atoms with van der Waals surface area (Å²) in [6.45, 7) is 1.50. The molecule has 3 nitrogen and oxygen atoms in total. The number of carbonyl (C=O) groups excluding carboxylic acids is 1. The van der Waals surface area contributed by atoms with Crippen molar-refractivity contribution in [3.05, 3.63) is 39.7 Å². The van der Waals surface area contributed by atoms with E-state index in [2.05, 4.69) is 4.37 Å². The summed E-state index contributed by atoms with van der Waals surface area (Å²) in [6.07, 6.45) is -4.66. The van der Waals surface area contributed by atoms with Gasteiger partial charge in [-0.3, -0.25) is 0 Å². The molecular weight excluding hydrogens is 327 g/mol. The van der Waals surface area contributed by atoms with Crippen LogP contribution in [0.4, 0.5) is 13.2 Å². The summed E-state index contributed by atoms with van der Waals surface area (Å²) >= 11 is 5.97. The molecule has 1 aromatic carbocycles. The maximum absolute atomic E-state index is 13.0. The minimum atomic E-state index is -4.66. The van der Waals surface area contributed by atoms with Crippen LogP contribution in [0.2, 0.25) is 5.02 Å². The first-order valence-corrected chi connectivity index (χ1v) is 6.99. The van der Waals surface area contributed by atoms with Crippen molar-refractivity contribution >= 4 is 29.1 Å². The quantitative estimate of drug-likeness (QED) is 0.766. The smallest absolute Gasteiger partial charge is 0.428 e. The summed E-state index contributed by atoms with van der Waals surface area (Å²) in [5.41, 5.74) is -0.242. The van der Waals surface area contributed by atoms with Crippen molar-refractivity contribution in [1.82, 2.24) is 4.37 Å². The lowest BCUT2D eigenvalue weighted by Gasteiger charge is -2.08. The van der Waals surface area contributed by atoms with Gasteiger partial charge in [-0.1, -0.05) is 23.7 Å². The Morgan fingerprint density at radius 1 is 1.33 bits per heavy atom. The molecule has 0 aliphatic heterocycles. The maximum Gasteiger partial charge on any atom is 0.428 e. The highest BCUT2D eigenvalue weighted by atomic mass is 35.5. The molecule has 0 atom stereocenters. The predicted molar refractivity (Wildman–Crippen MR) is 73.5 cm³/mol. The molecule has 0 bridgehead atoms. The van der Waals surface area contributed by atoms with E-state index >= 15 is 0 Å². The lowest BCUT2D eigenvalue weighted by molar-refractivity contribution is -0.134. The summed E-state index contributed by atoms with van der Waals surface area (Å²) in [6, 6.07) is 6.03. The minimum absolute atomic E-state index is 0.0218. The van der Waals surface area contributed by atoms with E-state index in [0.717, 1.165) is 0 Å². The second-order valence-electron chi connectivity index (χ2n) is 3.96. The van der Waals surface area contributed by atoms with Crippen LogP contribution >= 0.6 is 23.1 Å². The molecule has 0 spiro atoms. The van der Waals surface area contributed by atoms with E-state index in [0.29, 0.717) is 10.6 Å². The average molecular weight is 336 g/mol. The number of esters is 1. The van der Waals surface area contributed by atoms with Gasteiger partial charge >= 0.3 is 12.1 Å². The summed E-state index contributed by atoms with van der Waals surface area (Å²) < 4.78 is 47.4. The van der Waals surface area contributed by atoms with Crippen molar-refractivity contribution in [3.8, 4) is 11.3 Å². The number of aromatic nitrogens is 1. The number of hydrogen-bond donors (Lipinski definition) is 0. The number of rotatable bonds is 3. The average Bonchev–Trinajstić information content (AvgIpc) is 2.84. The van der Waals surface area contributed by atoms with Gasteiger partial charge in [-0.05, 0) is 30.6 Å². The monoisotopic (exact) mass is 335 g/mol. The number of hydrogen-bond acceptors (Lipinski definition) is 4. The van der Waals surface area contributed by atoms with Crippen molar-refractivity contribution < 1.29 is 22.7 Å². The zero-order valence-electron chi connectivity index (χ0n) is 10.7. The van der Waals surface area contributed by atoms with E-state index in [1.165, 1.54) is 31.2 Å². The van der Waals surface area contributed by atoms with Gasteiger partial charge in [-0.2, -0.15) is 17.5 Å². The Labute approximate surface area is 127 Å². The fourth-order valence-corrected chi connectivity index (χ4v) is 2.56. The normalized spacial score (nSPS) is 11.5. The van der Waals surface area contributed by atoms with Crippen LogP contribution in [0.15, 0.2) is 24.3 Å². The lowest BCUT2D eigenvalue weighted by Crippen LogP contribution is -2.13. The molecule has 0 amide bonds. The molecule has 112 valence electrons. The van der Waals surface area contributed by atoms with Gasteiger partial charge in [0.1, 0.15) is 10.4 Å². The van der Waals surface area contributed by atoms with Gasteiger partial charge in [0.2, 0.25) is 0 Å². The Balaban J connectivity index is 2.58. The Morgan fingerprint density at radius 2 is 1.95 bits per heavy atom. The highest BCUT2D eigenvalue weighted by molar-refractivity contribution is 7.06. The van der Waals surface area contributed by atoms with Gasteiger partial charge in [0.15, 0.2) is 0 Å². The topological polar surface area (TPSA) is 39.2 Å². The van der Waals surface area contributed by atoms with Crippen LogP contribution in [0.3, 0.4) is 0 Å². The van der Waals surface area contributed by atoms with E-state index in [1.807, 2.05) is 0 Å². The molecule has 2 aromatic rings. The summed E-state index contributed by atoms with van der Waals surface area (Å²) in [4.78, 5) is 10.8. The number of alkyl halides is 3. The third kappa shape index (κ3) is 3.36. The molecule has 0 radical (unpaired) electrons. The summed E-state index contributed by atoms with van der Waals surface area (Å²) in [7, 11) is 0. The summed E-state index contributed by atoms with van der Waals surface area (Å²) in [5.74, 6) is -1.04. The van der Waals surface area contributed by atoms with Crippen LogP contribution in [0.5, 0.6) is 0 Å². The Kier molecular flexibility index (Phi) is 4.53. The van der Waals surface area contributed by atoms with Crippen LogP contribution in [0.1, 0.15) is 22.2 Å². The van der Waals surface area contributed by atoms with E-state index in [-0.39, 0.29) is 23.8 Å². The Hall–Kier alpha value is -1.60. The minimum Gasteiger partial charge on any atom is -0.462 e. The summed E-state index contributed by atoms with van der Waals surface area (Å²) in [5, 5.41) is 0.433. The van der Waals surface area contributed by atoms with Crippen molar-refractivity contribution in [1.29, 1.82) is 0 Å². The first kappa shape index (κ1) is 15.8. The van der Waals surface area contributed by atoms with Crippen LogP contribution in [0.25, 0.3) is 11.3 Å².